The van der Waals surface area contributed by atoms with Gasteiger partial charge in [-0.3, -0.25) is 9.69 Å². The predicted molar refractivity (Wildman–Crippen MR) is 86.2 cm³/mol. The number of nitrogens with one attached hydrogen (secondary N) is 1. The van der Waals surface area contributed by atoms with Gasteiger partial charge in [0.1, 0.15) is 5.75 Å². The molecule has 1 N–H and O–H groups in total. The summed E-state index contributed by atoms with van der Waals surface area (Å²) in [5, 5.41) is 2.89. The van der Waals surface area contributed by atoms with Crippen molar-refractivity contribution in [2.24, 2.45) is 0 Å². The molecule has 0 spiro atoms. The molecule has 1 aliphatic heterocycles. The lowest BCUT2D eigenvalue weighted by Gasteiger charge is -2.26. The Hall–Kier alpha value is -1.59. The molecule has 22 heavy (non-hydrogen) atoms. The molecule has 0 saturated carbocycles. The molecule has 2 rings (SSSR count). The van der Waals surface area contributed by atoms with Crippen molar-refractivity contribution < 1.29 is 14.3 Å². The largest absolute Gasteiger partial charge is 0.484 e. The van der Waals surface area contributed by atoms with Gasteiger partial charge in [-0.15, -0.1) is 0 Å². The second kappa shape index (κ2) is 9.43. The zero-order valence-electron chi connectivity index (χ0n) is 13.3. The first-order valence-corrected chi connectivity index (χ1v) is 8.00. The van der Waals surface area contributed by atoms with Gasteiger partial charge in [-0.2, -0.15) is 0 Å². The summed E-state index contributed by atoms with van der Waals surface area (Å²) >= 11 is 0. The molecule has 0 bridgehead atoms. The molecule has 0 aromatic heterocycles. The average molecular weight is 306 g/mol. The summed E-state index contributed by atoms with van der Waals surface area (Å²) in [5.74, 6) is 0.667. The molecule has 1 heterocycles. The number of benzene rings is 1. The first-order valence-electron chi connectivity index (χ1n) is 8.00. The maximum atomic E-state index is 11.7. The van der Waals surface area contributed by atoms with Gasteiger partial charge in [0, 0.05) is 19.6 Å². The number of unbranched alkanes of at least 4 members (excludes halogenated alkanes) is 1. The molecule has 5 nitrogen and oxygen atoms in total. The third kappa shape index (κ3) is 6.45. The Morgan fingerprint density at radius 3 is 2.68 bits per heavy atom. The van der Waals surface area contributed by atoms with E-state index in [0.29, 0.717) is 6.54 Å². The van der Waals surface area contributed by atoms with Crippen molar-refractivity contribution >= 4 is 5.91 Å². The van der Waals surface area contributed by atoms with Crippen molar-refractivity contribution in [3.63, 3.8) is 0 Å². The third-order valence-corrected chi connectivity index (χ3v) is 3.72. The Bertz CT molecular complexity index is 442. The molecule has 1 saturated heterocycles. The zero-order valence-corrected chi connectivity index (χ0v) is 13.3. The van der Waals surface area contributed by atoms with Crippen LogP contribution in [0.5, 0.6) is 5.75 Å². The van der Waals surface area contributed by atoms with Crippen molar-refractivity contribution in [3.05, 3.63) is 29.8 Å². The number of ether oxygens (including phenoxy) is 2. The van der Waals surface area contributed by atoms with Crippen LogP contribution in [0.2, 0.25) is 0 Å². The number of morpholine rings is 1. The summed E-state index contributed by atoms with van der Waals surface area (Å²) in [6.45, 7) is 7.62. The summed E-state index contributed by atoms with van der Waals surface area (Å²) in [6.07, 6.45) is 2.09. The molecule has 0 radical (unpaired) electrons. The Morgan fingerprint density at radius 2 is 1.95 bits per heavy atom. The summed E-state index contributed by atoms with van der Waals surface area (Å²) in [5.41, 5.74) is 1.18. The number of carbonyl (C=O) groups excluding carboxylic acids is 1. The summed E-state index contributed by atoms with van der Waals surface area (Å²) in [7, 11) is 0. The van der Waals surface area contributed by atoms with Crippen LogP contribution >= 0.6 is 0 Å². The van der Waals surface area contributed by atoms with E-state index in [1.165, 1.54) is 5.56 Å². The van der Waals surface area contributed by atoms with E-state index in [2.05, 4.69) is 10.2 Å². The highest BCUT2D eigenvalue weighted by atomic mass is 16.5. The van der Waals surface area contributed by atoms with E-state index in [1.54, 1.807) is 0 Å². The highest BCUT2D eigenvalue weighted by Crippen LogP contribution is 2.10. The van der Waals surface area contributed by atoms with Crippen LogP contribution < -0.4 is 10.1 Å². The maximum Gasteiger partial charge on any atom is 0.257 e. The summed E-state index contributed by atoms with van der Waals surface area (Å²) in [4.78, 5) is 14.1. The van der Waals surface area contributed by atoms with Crippen LogP contribution in [0.25, 0.3) is 0 Å². The second-order valence-electron chi connectivity index (χ2n) is 5.61. The minimum Gasteiger partial charge on any atom is -0.484 e. The van der Waals surface area contributed by atoms with Crippen LogP contribution in [0.3, 0.4) is 0 Å². The fourth-order valence-corrected chi connectivity index (χ4v) is 2.35. The highest BCUT2D eigenvalue weighted by molar-refractivity contribution is 5.77. The molecular formula is C17H26N2O3. The van der Waals surface area contributed by atoms with E-state index in [-0.39, 0.29) is 12.5 Å². The smallest absolute Gasteiger partial charge is 0.257 e. The number of aryl methyl sites for hydroxylation is 1. The normalized spacial score (nSPS) is 15.5. The minimum atomic E-state index is -0.0630. The first-order chi connectivity index (χ1) is 10.7. The lowest BCUT2D eigenvalue weighted by Crippen LogP contribution is -2.37. The molecule has 1 aromatic carbocycles. The van der Waals surface area contributed by atoms with Gasteiger partial charge in [-0.05, 0) is 38.4 Å². The SMILES string of the molecule is Cc1ccc(OCC(=O)NCCCCN2CCOCC2)cc1. The molecule has 5 heteroatoms. The van der Waals surface area contributed by atoms with E-state index < -0.39 is 0 Å². The predicted octanol–water partition coefficient (Wildman–Crippen LogP) is 1.60. The van der Waals surface area contributed by atoms with Crippen LogP contribution in [0.15, 0.2) is 24.3 Å². The van der Waals surface area contributed by atoms with E-state index in [1.807, 2.05) is 31.2 Å². The van der Waals surface area contributed by atoms with Crippen molar-refractivity contribution in [2.75, 3.05) is 46.0 Å². The van der Waals surface area contributed by atoms with Gasteiger partial charge >= 0.3 is 0 Å². The quantitative estimate of drug-likeness (QED) is 0.741. The molecule has 1 fully saturated rings. The number of carbonyl (C=O) groups is 1. The lowest BCUT2D eigenvalue weighted by molar-refractivity contribution is -0.123. The molecule has 0 unspecified atom stereocenters. The van der Waals surface area contributed by atoms with E-state index >= 15 is 0 Å². The van der Waals surface area contributed by atoms with Crippen LogP contribution in [0.4, 0.5) is 0 Å². The minimum absolute atomic E-state index is 0.0630. The van der Waals surface area contributed by atoms with Gasteiger partial charge in [-0.1, -0.05) is 17.7 Å². The number of amides is 1. The standard InChI is InChI=1S/C17H26N2O3/c1-15-4-6-16(7-5-15)22-14-17(20)18-8-2-3-9-19-10-12-21-13-11-19/h4-7H,2-3,8-14H2,1H3,(H,18,20). The molecule has 1 aliphatic rings. The lowest BCUT2D eigenvalue weighted by atomic mass is 10.2. The Kier molecular flexibility index (Phi) is 7.19. The van der Waals surface area contributed by atoms with E-state index in [0.717, 1.165) is 51.4 Å². The molecule has 1 amide bonds. The number of rotatable bonds is 8. The topological polar surface area (TPSA) is 50.8 Å². The zero-order chi connectivity index (χ0) is 15.6. The second-order valence-corrected chi connectivity index (χ2v) is 5.61. The Morgan fingerprint density at radius 1 is 1.23 bits per heavy atom. The highest BCUT2D eigenvalue weighted by Gasteiger charge is 2.09. The summed E-state index contributed by atoms with van der Waals surface area (Å²) < 4.78 is 10.8. The molecule has 122 valence electrons. The van der Waals surface area contributed by atoms with Gasteiger partial charge in [0.2, 0.25) is 0 Å². The molecule has 0 aliphatic carbocycles. The first kappa shape index (κ1) is 16.8. The Labute approximate surface area is 132 Å². The van der Waals surface area contributed by atoms with Gasteiger partial charge in [0.25, 0.3) is 5.91 Å². The van der Waals surface area contributed by atoms with Crippen LogP contribution in [0, 0.1) is 6.92 Å². The van der Waals surface area contributed by atoms with Gasteiger partial charge in [0.05, 0.1) is 13.2 Å². The molecule has 0 atom stereocenters. The van der Waals surface area contributed by atoms with E-state index in [9.17, 15) is 4.79 Å². The number of nitrogens with zero attached hydrogens (tertiary/aromatic N) is 1. The summed E-state index contributed by atoms with van der Waals surface area (Å²) in [6, 6.07) is 7.70. The third-order valence-electron chi connectivity index (χ3n) is 3.72. The Balaban J connectivity index is 1.49. The van der Waals surface area contributed by atoms with Gasteiger partial charge < -0.3 is 14.8 Å². The van der Waals surface area contributed by atoms with Crippen LogP contribution in [-0.2, 0) is 9.53 Å². The van der Waals surface area contributed by atoms with Crippen molar-refractivity contribution in [2.45, 2.75) is 19.8 Å². The van der Waals surface area contributed by atoms with Crippen LogP contribution in [-0.4, -0.2) is 56.8 Å². The fourth-order valence-electron chi connectivity index (χ4n) is 2.35. The fraction of sp³-hybridized carbons (Fsp3) is 0.588. The molecule has 1 aromatic rings. The van der Waals surface area contributed by atoms with Crippen molar-refractivity contribution in [1.82, 2.24) is 10.2 Å². The van der Waals surface area contributed by atoms with Gasteiger partial charge in [-0.25, -0.2) is 0 Å². The van der Waals surface area contributed by atoms with E-state index in [4.69, 9.17) is 9.47 Å². The monoisotopic (exact) mass is 306 g/mol. The number of hydrogen-bond donors (Lipinski definition) is 1. The van der Waals surface area contributed by atoms with Crippen molar-refractivity contribution in [1.29, 1.82) is 0 Å². The van der Waals surface area contributed by atoms with Crippen molar-refractivity contribution in [3.8, 4) is 5.75 Å². The molecular weight excluding hydrogens is 280 g/mol. The average Bonchev–Trinajstić information content (AvgIpc) is 2.55. The number of hydrogen-bond acceptors (Lipinski definition) is 4. The maximum absolute atomic E-state index is 11.7. The van der Waals surface area contributed by atoms with Crippen LogP contribution in [0.1, 0.15) is 18.4 Å². The van der Waals surface area contributed by atoms with Gasteiger partial charge in [0.15, 0.2) is 6.61 Å².